The highest BCUT2D eigenvalue weighted by atomic mass is 32.2. The summed E-state index contributed by atoms with van der Waals surface area (Å²) in [7, 11) is -0.0169. The third-order valence-electron chi connectivity index (χ3n) is 6.92. The number of carbonyl (C=O) groups excluding carboxylic acids is 1. The molecule has 1 aromatic heterocycles. The van der Waals surface area contributed by atoms with Crippen LogP contribution in [0.4, 0.5) is 5.69 Å². The van der Waals surface area contributed by atoms with E-state index >= 15 is 0 Å². The van der Waals surface area contributed by atoms with Crippen LogP contribution in [-0.2, 0) is 16.4 Å². The van der Waals surface area contributed by atoms with Gasteiger partial charge in [-0.05, 0) is 43.3 Å². The molecule has 1 aliphatic rings. The van der Waals surface area contributed by atoms with Crippen LogP contribution < -0.4 is 9.73 Å². The van der Waals surface area contributed by atoms with E-state index in [1.807, 2.05) is 94.4 Å². The second-order valence-electron chi connectivity index (χ2n) is 10.6. The average molecular weight is 542 g/mol. The van der Waals surface area contributed by atoms with E-state index < -0.39 is 15.4 Å². The van der Waals surface area contributed by atoms with Gasteiger partial charge >= 0.3 is 0 Å². The molecule has 200 valence electrons. The highest BCUT2D eigenvalue weighted by Gasteiger charge is 2.43. The van der Waals surface area contributed by atoms with Crippen LogP contribution >= 0.6 is 0 Å². The summed E-state index contributed by atoms with van der Waals surface area (Å²) in [5, 5.41) is 9.12. The number of para-hydroxylation sites is 1. The topological polar surface area (TPSA) is 96.7 Å². The molecule has 1 heterocycles. The molecule has 39 heavy (non-hydrogen) atoms. The van der Waals surface area contributed by atoms with Gasteiger partial charge in [-0.2, -0.15) is 23.4 Å². The molecule has 0 saturated heterocycles. The lowest BCUT2D eigenvalue weighted by atomic mass is 9.73. The number of hydrogen-bond acceptors (Lipinski definition) is 6. The quantitative estimate of drug-likeness (QED) is 0.346. The maximum atomic E-state index is 14.1. The van der Waals surface area contributed by atoms with Crippen LogP contribution in [0.25, 0.3) is 16.9 Å². The third kappa shape index (κ3) is 4.97. The summed E-state index contributed by atoms with van der Waals surface area (Å²) in [6, 6.07) is 24.0. The molecule has 0 aliphatic heterocycles. The first-order valence-corrected chi connectivity index (χ1v) is 14.1. The largest absolute Gasteiger partial charge is 0.378 e. The molecule has 0 amide bonds. The lowest BCUT2D eigenvalue weighted by Gasteiger charge is -2.29. The second-order valence-corrected chi connectivity index (χ2v) is 12.3. The average Bonchev–Trinajstić information content (AvgIpc) is 3.27. The van der Waals surface area contributed by atoms with Crippen molar-refractivity contribution in [2.24, 2.45) is 10.5 Å². The molecular weight excluding hydrogens is 510 g/mol. The molecule has 0 unspecified atom stereocenters. The van der Waals surface area contributed by atoms with Crippen molar-refractivity contribution >= 4 is 27.2 Å². The molecule has 8 nitrogen and oxygen atoms in total. The number of nitrogens with one attached hydrogen (secondary N) is 1. The normalized spacial score (nSPS) is 15.7. The Labute approximate surface area is 229 Å². The zero-order chi connectivity index (χ0) is 27.9. The minimum atomic E-state index is -3.96. The first-order chi connectivity index (χ1) is 18.5. The van der Waals surface area contributed by atoms with E-state index in [1.165, 1.54) is 12.1 Å². The van der Waals surface area contributed by atoms with Crippen molar-refractivity contribution in [2.75, 3.05) is 19.0 Å². The minimum absolute atomic E-state index is 0.0813. The van der Waals surface area contributed by atoms with Gasteiger partial charge in [-0.3, -0.25) is 4.79 Å². The molecule has 1 aliphatic carbocycles. The number of ketones is 1. The Hall–Kier alpha value is -4.24. The summed E-state index contributed by atoms with van der Waals surface area (Å²) in [5.74, 6) is -0.346. The minimum Gasteiger partial charge on any atom is -0.378 e. The predicted octanol–water partition coefficient (Wildman–Crippen LogP) is 5.01. The van der Waals surface area contributed by atoms with Gasteiger partial charge in [0.25, 0.3) is 10.0 Å². The smallest absolute Gasteiger partial charge is 0.276 e. The number of aromatic nitrogens is 2. The van der Waals surface area contributed by atoms with E-state index in [2.05, 4.69) is 9.93 Å². The van der Waals surface area contributed by atoms with Crippen LogP contribution in [0.1, 0.15) is 35.5 Å². The SMILES string of the molecule is Cc1ccc(S(=O)(=O)NN=C2C(=O)c3c(nn(-c4ccccc4)c3-c3ccc(N(C)C)cc3)CC2(C)C)cc1. The molecule has 0 bridgehead atoms. The van der Waals surface area contributed by atoms with E-state index in [0.717, 1.165) is 22.5 Å². The highest BCUT2D eigenvalue weighted by molar-refractivity contribution is 7.89. The van der Waals surface area contributed by atoms with Crippen molar-refractivity contribution in [3.05, 3.63) is 95.7 Å². The Morgan fingerprint density at radius 2 is 1.59 bits per heavy atom. The van der Waals surface area contributed by atoms with Crippen LogP contribution in [0, 0.1) is 12.3 Å². The van der Waals surface area contributed by atoms with E-state index in [1.54, 1.807) is 16.8 Å². The van der Waals surface area contributed by atoms with Crippen LogP contribution in [0.5, 0.6) is 0 Å². The van der Waals surface area contributed by atoms with Gasteiger partial charge in [0, 0.05) is 37.2 Å². The number of carbonyl (C=O) groups is 1. The maximum Gasteiger partial charge on any atom is 0.276 e. The molecule has 0 atom stereocenters. The van der Waals surface area contributed by atoms with E-state index in [0.29, 0.717) is 23.4 Å². The Balaban J connectivity index is 1.63. The molecule has 3 aromatic carbocycles. The first kappa shape index (κ1) is 26.4. The van der Waals surface area contributed by atoms with E-state index in [-0.39, 0.29) is 16.4 Å². The molecule has 5 rings (SSSR count). The van der Waals surface area contributed by atoms with Gasteiger partial charge in [0.05, 0.1) is 27.5 Å². The number of hydrogen-bond donors (Lipinski definition) is 1. The zero-order valence-corrected chi connectivity index (χ0v) is 23.5. The molecule has 4 aromatic rings. The molecule has 0 spiro atoms. The lowest BCUT2D eigenvalue weighted by molar-refractivity contribution is 0.104. The fourth-order valence-corrected chi connectivity index (χ4v) is 5.58. The molecular formula is C30H31N5O3S. The second kappa shape index (κ2) is 9.81. The number of anilines is 1. The Morgan fingerprint density at radius 3 is 2.21 bits per heavy atom. The summed E-state index contributed by atoms with van der Waals surface area (Å²) < 4.78 is 27.7. The van der Waals surface area contributed by atoms with Gasteiger partial charge in [-0.1, -0.05) is 61.9 Å². The molecule has 0 fully saturated rings. The fourth-order valence-electron chi connectivity index (χ4n) is 4.77. The van der Waals surface area contributed by atoms with Crippen LogP contribution in [0.2, 0.25) is 0 Å². The summed E-state index contributed by atoms with van der Waals surface area (Å²) in [6.07, 6.45) is 0.418. The Kier molecular flexibility index (Phi) is 6.64. The fraction of sp³-hybridized carbons (Fsp3) is 0.233. The maximum absolute atomic E-state index is 14.1. The number of aryl methyl sites for hydroxylation is 1. The molecule has 1 N–H and O–H groups in total. The number of nitrogens with zero attached hydrogens (tertiary/aromatic N) is 4. The van der Waals surface area contributed by atoms with Crippen molar-refractivity contribution in [1.82, 2.24) is 14.6 Å². The molecule has 0 saturated carbocycles. The number of rotatable bonds is 6. The Morgan fingerprint density at radius 1 is 0.949 bits per heavy atom. The van der Waals surface area contributed by atoms with Gasteiger partial charge in [0.2, 0.25) is 5.78 Å². The lowest BCUT2D eigenvalue weighted by Crippen LogP contribution is -2.40. The molecule has 0 radical (unpaired) electrons. The van der Waals surface area contributed by atoms with Gasteiger partial charge in [0.15, 0.2) is 0 Å². The van der Waals surface area contributed by atoms with Crippen molar-refractivity contribution in [1.29, 1.82) is 0 Å². The Bertz CT molecular complexity index is 1670. The standard InChI is InChI=1S/C30H31N5O3S/c1-20-11-17-24(18-12-20)39(37,38)33-31-29-28(36)26-25(19-30(29,2)3)32-35(23-9-7-6-8-10-23)27(26)21-13-15-22(16-14-21)34(4)5/h6-18,33H,19H2,1-5H3. The first-order valence-electron chi connectivity index (χ1n) is 12.6. The number of sulfonamides is 1. The van der Waals surface area contributed by atoms with Gasteiger partial charge in [-0.15, -0.1) is 0 Å². The van der Waals surface area contributed by atoms with Crippen molar-refractivity contribution in [3.8, 4) is 16.9 Å². The summed E-state index contributed by atoms with van der Waals surface area (Å²) >= 11 is 0. The predicted molar refractivity (Wildman–Crippen MR) is 154 cm³/mol. The van der Waals surface area contributed by atoms with Crippen molar-refractivity contribution < 1.29 is 13.2 Å². The summed E-state index contributed by atoms with van der Waals surface area (Å²) in [5.41, 5.74) is 4.75. The molecule has 9 heteroatoms. The van der Waals surface area contributed by atoms with Gasteiger partial charge in [-0.25, -0.2) is 4.68 Å². The number of benzene rings is 3. The number of hydrazone groups is 1. The van der Waals surface area contributed by atoms with Crippen molar-refractivity contribution in [2.45, 2.75) is 32.1 Å². The van der Waals surface area contributed by atoms with E-state index in [9.17, 15) is 13.2 Å². The van der Waals surface area contributed by atoms with Gasteiger partial charge < -0.3 is 4.90 Å². The van der Waals surface area contributed by atoms with E-state index in [4.69, 9.17) is 5.10 Å². The highest BCUT2D eigenvalue weighted by Crippen LogP contribution is 2.39. The summed E-state index contributed by atoms with van der Waals surface area (Å²) in [4.78, 5) is 18.5. The third-order valence-corrected chi connectivity index (χ3v) is 8.14. The van der Waals surface area contributed by atoms with Crippen LogP contribution in [-0.4, -0.2) is 43.8 Å². The van der Waals surface area contributed by atoms with Gasteiger partial charge in [0.1, 0.15) is 5.71 Å². The number of Topliss-reactive ketones (excluding diaryl/α,β-unsaturated/α-hetero) is 1. The summed E-state index contributed by atoms with van der Waals surface area (Å²) in [6.45, 7) is 5.63. The monoisotopic (exact) mass is 541 g/mol. The van der Waals surface area contributed by atoms with Crippen molar-refractivity contribution in [3.63, 3.8) is 0 Å². The van der Waals surface area contributed by atoms with Crippen LogP contribution in [0.15, 0.2) is 88.9 Å². The van der Waals surface area contributed by atoms with Crippen LogP contribution in [0.3, 0.4) is 0 Å². The number of fused-ring (bicyclic) bond motifs is 1. The zero-order valence-electron chi connectivity index (χ0n) is 22.6.